The van der Waals surface area contributed by atoms with E-state index in [1.165, 1.54) is 23.4 Å². The molecule has 1 fully saturated rings. The molecule has 1 N–H and O–H groups in total. The van der Waals surface area contributed by atoms with Gasteiger partial charge in [-0.3, -0.25) is 0 Å². The second kappa shape index (κ2) is 5.07. The van der Waals surface area contributed by atoms with Crippen LogP contribution < -0.4 is 5.32 Å². The molecule has 2 aromatic rings. The van der Waals surface area contributed by atoms with E-state index < -0.39 is 0 Å². The van der Waals surface area contributed by atoms with Gasteiger partial charge in [0.2, 0.25) is 0 Å². The van der Waals surface area contributed by atoms with E-state index in [1.54, 1.807) is 23.1 Å². The van der Waals surface area contributed by atoms with Crippen molar-refractivity contribution >= 4 is 39.0 Å². The fourth-order valence-corrected chi connectivity index (χ4v) is 3.90. The van der Waals surface area contributed by atoms with Crippen molar-refractivity contribution in [3.8, 4) is 0 Å². The Bertz CT molecular complexity index is 552. The SMILES string of the molecule is CSc1nc2ccc(NC3CCN(C)C3)cc2s1. The summed E-state index contributed by atoms with van der Waals surface area (Å²) in [7, 11) is 2.18. The van der Waals surface area contributed by atoms with E-state index in [-0.39, 0.29) is 0 Å². The molecule has 0 saturated carbocycles. The van der Waals surface area contributed by atoms with Crippen molar-refractivity contribution in [2.24, 2.45) is 0 Å². The third kappa shape index (κ3) is 2.48. The van der Waals surface area contributed by atoms with Gasteiger partial charge in [-0.15, -0.1) is 11.3 Å². The molecule has 18 heavy (non-hydrogen) atoms. The Kier molecular flexibility index (Phi) is 3.46. The van der Waals surface area contributed by atoms with Crippen LogP contribution in [-0.4, -0.2) is 42.3 Å². The monoisotopic (exact) mass is 279 g/mol. The van der Waals surface area contributed by atoms with E-state index in [0.29, 0.717) is 6.04 Å². The van der Waals surface area contributed by atoms with Crippen LogP contribution >= 0.6 is 23.1 Å². The number of hydrogen-bond acceptors (Lipinski definition) is 5. The van der Waals surface area contributed by atoms with Gasteiger partial charge < -0.3 is 10.2 Å². The van der Waals surface area contributed by atoms with Crippen LogP contribution in [0.1, 0.15) is 6.42 Å². The zero-order valence-corrected chi connectivity index (χ0v) is 12.3. The van der Waals surface area contributed by atoms with E-state index in [1.807, 2.05) is 0 Å². The highest BCUT2D eigenvalue weighted by Crippen LogP contribution is 2.30. The summed E-state index contributed by atoms with van der Waals surface area (Å²) in [6.45, 7) is 2.33. The van der Waals surface area contributed by atoms with Gasteiger partial charge in [0.1, 0.15) is 0 Å². The second-order valence-electron chi connectivity index (χ2n) is 4.76. The summed E-state index contributed by atoms with van der Waals surface area (Å²) in [5, 5.41) is 3.62. The zero-order chi connectivity index (χ0) is 12.5. The van der Waals surface area contributed by atoms with Gasteiger partial charge in [0.15, 0.2) is 4.34 Å². The Labute approximate surface area is 116 Å². The van der Waals surface area contributed by atoms with E-state index in [2.05, 4.69) is 46.7 Å². The van der Waals surface area contributed by atoms with Crippen molar-refractivity contribution in [1.29, 1.82) is 0 Å². The molecule has 96 valence electrons. The first-order chi connectivity index (χ1) is 8.74. The number of hydrogen-bond donors (Lipinski definition) is 1. The molecule has 1 aliphatic rings. The van der Waals surface area contributed by atoms with Gasteiger partial charge in [0, 0.05) is 18.3 Å². The highest BCUT2D eigenvalue weighted by molar-refractivity contribution is 8.00. The molecule has 0 amide bonds. The maximum atomic E-state index is 4.56. The fraction of sp³-hybridized carbons (Fsp3) is 0.462. The number of rotatable bonds is 3. The lowest BCUT2D eigenvalue weighted by Gasteiger charge is -2.14. The predicted molar refractivity (Wildman–Crippen MR) is 80.9 cm³/mol. The number of aromatic nitrogens is 1. The number of nitrogens with one attached hydrogen (secondary N) is 1. The van der Waals surface area contributed by atoms with Crippen LogP contribution in [0.15, 0.2) is 22.5 Å². The third-order valence-corrected chi connectivity index (χ3v) is 5.31. The van der Waals surface area contributed by atoms with Crippen molar-refractivity contribution in [3.63, 3.8) is 0 Å². The number of fused-ring (bicyclic) bond motifs is 1. The Balaban J connectivity index is 1.80. The molecule has 1 aliphatic heterocycles. The minimum absolute atomic E-state index is 0.584. The topological polar surface area (TPSA) is 28.2 Å². The quantitative estimate of drug-likeness (QED) is 0.874. The Morgan fingerprint density at radius 1 is 1.50 bits per heavy atom. The van der Waals surface area contributed by atoms with E-state index >= 15 is 0 Å². The van der Waals surface area contributed by atoms with Gasteiger partial charge in [-0.1, -0.05) is 11.8 Å². The van der Waals surface area contributed by atoms with Crippen molar-refractivity contribution in [2.75, 3.05) is 31.7 Å². The van der Waals surface area contributed by atoms with Crippen LogP contribution in [0.4, 0.5) is 5.69 Å². The lowest BCUT2D eigenvalue weighted by Crippen LogP contribution is -2.23. The molecule has 1 aromatic carbocycles. The van der Waals surface area contributed by atoms with Gasteiger partial charge >= 0.3 is 0 Å². The van der Waals surface area contributed by atoms with Crippen LogP contribution in [0.25, 0.3) is 10.2 Å². The molecule has 5 heteroatoms. The third-order valence-electron chi connectivity index (χ3n) is 3.31. The number of benzene rings is 1. The van der Waals surface area contributed by atoms with Gasteiger partial charge in [-0.2, -0.15) is 0 Å². The first-order valence-corrected chi connectivity index (χ1v) is 8.18. The Morgan fingerprint density at radius 3 is 3.11 bits per heavy atom. The van der Waals surface area contributed by atoms with Crippen molar-refractivity contribution in [1.82, 2.24) is 9.88 Å². The van der Waals surface area contributed by atoms with Crippen LogP contribution in [-0.2, 0) is 0 Å². The van der Waals surface area contributed by atoms with Gasteiger partial charge in [0.25, 0.3) is 0 Å². The van der Waals surface area contributed by atoms with Crippen molar-refractivity contribution < 1.29 is 0 Å². The molecule has 1 saturated heterocycles. The average Bonchev–Trinajstić information content (AvgIpc) is 2.94. The van der Waals surface area contributed by atoms with Crippen molar-refractivity contribution in [2.45, 2.75) is 16.8 Å². The molecule has 3 rings (SSSR count). The summed E-state index contributed by atoms with van der Waals surface area (Å²) in [5.74, 6) is 0. The number of nitrogens with zero attached hydrogens (tertiary/aromatic N) is 2. The zero-order valence-electron chi connectivity index (χ0n) is 10.6. The largest absolute Gasteiger partial charge is 0.381 e. The van der Waals surface area contributed by atoms with Gasteiger partial charge in [-0.05, 0) is 44.5 Å². The summed E-state index contributed by atoms with van der Waals surface area (Å²) in [6, 6.07) is 7.07. The lowest BCUT2D eigenvalue weighted by molar-refractivity contribution is 0.414. The predicted octanol–water partition coefficient (Wildman–Crippen LogP) is 3.13. The summed E-state index contributed by atoms with van der Waals surface area (Å²) in [5.41, 5.74) is 2.33. The minimum Gasteiger partial charge on any atom is -0.381 e. The smallest absolute Gasteiger partial charge is 0.150 e. The van der Waals surface area contributed by atoms with E-state index in [9.17, 15) is 0 Å². The fourth-order valence-electron chi connectivity index (χ4n) is 2.37. The number of thioether (sulfide) groups is 1. The number of likely N-dealkylation sites (N-methyl/N-ethyl adjacent to an activating group) is 1. The molecule has 1 atom stereocenters. The molecule has 1 unspecified atom stereocenters. The molecule has 2 heterocycles. The highest BCUT2D eigenvalue weighted by Gasteiger charge is 2.19. The summed E-state index contributed by atoms with van der Waals surface area (Å²) < 4.78 is 2.42. The molecular weight excluding hydrogens is 262 g/mol. The van der Waals surface area contributed by atoms with E-state index in [0.717, 1.165) is 16.4 Å². The molecule has 3 nitrogen and oxygen atoms in total. The molecule has 1 aromatic heterocycles. The summed E-state index contributed by atoms with van der Waals surface area (Å²) >= 11 is 3.49. The number of thiazole rings is 1. The lowest BCUT2D eigenvalue weighted by atomic mass is 10.2. The molecule has 0 bridgehead atoms. The van der Waals surface area contributed by atoms with Gasteiger partial charge in [0.05, 0.1) is 10.2 Å². The highest BCUT2D eigenvalue weighted by atomic mass is 32.2. The van der Waals surface area contributed by atoms with Gasteiger partial charge in [-0.25, -0.2) is 4.98 Å². The van der Waals surface area contributed by atoms with Crippen LogP contribution in [0, 0.1) is 0 Å². The second-order valence-corrected chi connectivity index (χ2v) is 6.84. The minimum atomic E-state index is 0.584. The molecular formula is C13H17N3S2. The van der Waals surface area contributed by atoms with Crippen LogP contribution in [0.3, 0.4) is 0 Å². The Hall–Kier alpha value is -0.780. The average molecular weight is 279 g/mol. The molecule has 0 aliphatic carbocycles. The first-order valence-electron chi connectivity index (χ1n) is 6.14. The van der Waals surface area contributed by atoms with Crippen molar-refractivity contribution in [3.05, 3.63) is 18.2 Å². The maximum Gasteiger partial charge on any atom is 0.150 e. The first kappa shape index (κ1) is 12.3. The normalized spacial score (nSPS) is 20.7. The Morgan fingerprint density at radius 2 is 2.39 bits per heavy atom. The van der Waals surface area contributed by atoms with Crippen LogP contribution in [0.5, 0.6) is 0 Å². The maximum absolute atomic E-state index is 4.56. The van der Waals surface area contributed by atoms with E-state index in [4.69, 9.17) is 0 Å². The van der Waals surface area contributed by atoms with Crippen LogP contribution in [0.2, 0.25) is 0 Å². The molecule has 0 radical (unpaired) electrons. The summed E-state index contributed by atoms with van der Waals surface area (Å²) in [4.78, 5) is 6.93. The molecule has 0 spiro atoms. The summed E-state index contributed by atoms with van der Waals surface area (Å²) in [6.07, 6.45) is 3.30. The standard InChI is InChI=1S/C13H17N3S2/c1-16-6-5-10(8-16)14-9-3-4-11-12(7-9)18-13(15-11)17-2/h3-4,7,10,14H,5-6,8H2,1-2H3. The number of likely N-dealkylation sites (tertiary alicyclic amines) is 1. The number of anilines is 1.